The molecular formula is C7H13N3O. The Bertz CT molecular complexity index is 219. The number of hydrogen-bond donors (Lipinski definition) is 1. The van der Waals surface area contributed by atoms with Crippen LogP contribution in [-0.2, 0) is 13.1 Å². The van der Waals surface area contributed by atoms with Crippen molar-refractivity contribution in [3.8, 4) is 0 Å². The van der Waals surface area contributed by atoms with Crippen molar-refractivity contribution in [1.29, 1.82) is 0 Å². The molecule has 0 saturated carbocycles. The van der Waals surface area contributed by atoms with Gasteiger partial charge in [0.15, 0.2) is 0 Å². The Labute approximate surface area is 66.0 Å². The van der Waals surface area contributed by atoms with Crippen LogP contribution in [0.25, 0.3) is 0 Å². The van der Waals surface area contributed by atoms with Crippen LogP contribution in [0.5, 0.6) is 0 Å². The quantitative estimate of drug-likeness (QED) is 0.654. The van der Waals surface area contributed by atoms with Crippen LogP contribution in [0.15, 0.2) is 12.4 Å². The van der Waals surface area contributed by atoms with Crippen LogP contribution < -0.4 is 0 Å². The Kier molecular flexibility index (Phi) is 2.62. The van der Waals surface area contributed by atoms with Gasteiger partial charge < -0.3 is 5.21 Å². The average Bonchev–Trinajstić information content (AvgIpc) is 2.34. The van der Waals surface area contributed by atoms with Crippen LogP contribution in [0.3, 0.4) is 0 Å². The number of aryl methyl sites for hydroxylation is 1. The Morgan fingerprint density at radius 3 is 2.91 bits per heavy atom. The summed E-state index contributed by atoms with van der Waals surface area (Å²) in [6.45, 7) is 3.43. The maximum atomic E-state index is 8.88. The van der Waals surface area contributed by atoms with Crippen molar-refractivity contribution in [2.45, 2.75) is 20.0 Å². The zero-order valence-corrected chi connectivity index (χ0v) is 6.86. The zero-order valence-electron chi connectivity index (χ0n) is 6.86. The van der Waals surface area contributed by atoms with Gasteiger partial charge in [0.2, 0.25) is 0 Å². The van der Waals surface area contributed by atoms with Gasteiger partial charge in [-0.15, -0.1) is 0 Å². The van der Waals surface area contributed by atoms with Crippen molar-refractivity contribution in [2.75, 3.05) is 7.05 Å². The highest BCUT2D eigenvalue weighted by Crippen LogP contribution is 1.99. The van der Waals surface area contributed by atoms with E-state index in [9.17, 15) is 0 Å². The normalized spacial score (nSPS) is 10.9. The Morgan fingerprint density at radius 2 is 2.45 bits per heavy atom. The second kappa shape index (κ2) is 3.50. The second-order valence-electron chi connectivity index (χ2n) is 2.52. The summed E-state index contributed by atoms with van der Waals surface area (Å²) >= 11 is 0. The lowest BCUT2D eigenvalue weighted by Gasteiger charge is -2.03. The van der Waals surface area contributed by atoms with Gasteiger partial charge in [-0.2, -0.15) is 10.2 Å². The molecule has 0 aromatic carbocycles. The molecule has 4 heteroatoms. The van der Waals surface area contributed by atoms with E-state index >= 15 is 0 Å². The van der Waals surface area contributed by atoms with E-state index in [1.165, 1.54) is 0 Å². The molecule has 1 N–H and O–H groups in total. The van der Waals surface area contributed by atoms with Gasteiger partial charge in [0.25, 0.3) is 0 Å². The number of nitrogens with zero attached hydrogens (tertiary/aromatic N) is 3. The minimum Gasteiger partial charge on any atom is -0.314 e. The van der Waals surface area contributed by atoms with Crippen LogP contribution in [0.4, 0.5) is 0 Å². The van der Waals surface area contributed by atoms with E-state index in [0.717, 1.165) is 17.2 Å². The molecule has 0 unspecified atom stereocenters. The molecule has 0 aliphatic carbocycles. The van der Waals surface area contributed by atoms with E-state index in [-0.39, 0.29) is 0 Å². The Balaban J connectivity index is 2.58. The smallest absolute Gasteiger partial charge is 0.0535 e. The third-order valence-corrected chi connectivity index (χ3v) is 1.42. The summed E-state index contributed by atoms with van der Waals surface area (Å²) in [5, 5.41) is 14.1. The van der Waals surface area contributed by atoms with Gasteiger partial charge in [-0.25, -0.2) is 0 Å². The predicted molar refractivity (Wildman–Crippen MR) is 41.2 cm³/mol. The fourth-order valence-corrected chi connectivity index (χ4v) is 0.925. The van der Waals surface area contributed by atoms with E-state index < -0.39 is 0 Å². The van der Waals surface area contributed by atoms with Gasteiger partial charge in [0.05, 0.1) is 12.7 Å². The largest absolute Gasteiger partial charge is 0.314 e. The number of hydroxylamine groups is 2. The molecule has 62 valence electrons. The first-order chi connectivity index (χ1) is 5.22. The number of aromatic nitrogens is 2. The molecule has 0 fully saturated rings. The van der Waals surface area contributed by atoms with E-state index in [0.29, 0.717) is 6.54 Å². The average molecular weight is 155 g/mol. The second-order valence-corrected chi connectivity index (χ2v) is 2.52. The fourth-order valence-electron chi connectivity index (χ4n) is 0.925. The van der Waals surface area contributed by atoms with E-state index in [4.69, 9.17) is 5.21 Å². The van der Waals surface area contributed by atoms with Gasteiger partial charge in [-0.05, 0) is 6.92 Å². The summed E-state index contributed by atoms with van der Waals surface area (Å²) in [7, 11) is 1.61. The van der Waals surface area contributed by atoms with Crippen molar-refractivity contribution in [3.05, 3.63) is 18.0 Å². The molecule has 1 aromatic rings. The van der Waals surface area contributed by atoms with Crippen molar-refractivity contribution < 1.29 is 5.21 Å². The maximum Gasteiger partial charge on any atom is 0.0535 e. The van der Waals surface area contributed by atoms with Crippen molar-refractivity contribution in [1.82, 2.24) is 14.8 Å². The lowest BCUT2D eigenvalue weighted by molar-refractivity contribution is -0.0731. The van der Waals surface area contributed by atoms with Crippen molar-refractivity contribution in [2.24, 2.45) is 0 Å². The van der Waals surface area contributed by atoms with Gasteiger partial charge >= 0.3 is 0 Å². The van der Waals surface area contributed by atoms with E-state index in [2.05, 4.69) is 5.10 Å². The lowest BCUT2D eigenvalue weighted by atomic mass is 10.4. The summed E-state index contributed by atoms with van der Waals surface area (Å²) in [6.07, 6.45) is 3.68. The predicted octanol–water partition coefficient (Wildman–Crippen LogP) is 0.724. The first-order valence-corrected chi connectivity index (χ1v) is 3.63. The summed E-state index contributed by atoms with van der Waals surface area (Å²) in [6, 6.07) is 0. The minimum atomic E-state index is 0.528. The molecule has 0 aliphatic rings. The monoisotopic (exact) mass is 155 g/mol. The van der Waals surface area contributed by atoms with Crippen LogP contribution in [0.1, 0.15) is 12.5 Å². The maximum absolute atomic E-state index is 8.88. The van der Waals surface area contributed by atoms with Crippen molar-refractivity contribution in [3.63, 3.8) is 0 Å². The fraction of sp³-hybridized carbons (Fsp3) is 0.571. The van der Waals surface area contributed by atoms with E-state index in [1.807, 2.05) is 17.8 Å². The van der Waals surface area contributed by atoms with Crippen LogP contribution in [0.2, 0.25) is 0 Å². The molecular weight excluding hydrogens is 142 g/mol. The summed E-state index contributed by atoms with van der Waals surface area (Å²) in [4.78, 5) is 0. The van der Waals surface area contributed by atoms with Crippen LogP contribution in [-0.4, -0.2) is 27.1 Å². The van der Waals surface area contributed by atoms with E-state index in [1.54, 1.807) is 13.2 Å². The molecule has 0 saturated heterocycles. The topological polar surface area (TPSA) is 41.3 Å². The number of hydrogen-bond acceptors (Lipinski definition) is 3. The lowest BCUT2D eigenvalue weighted by Crippen LogP contribution is -2.10. The molecule has 0 aliphatic heterocycles. The molecule has 4 nitrogen and oxygen atoms in total. The zero-order chi connectivity index (χ0) is 8.27. The first kappa shape index (κ1) is 8.23. The molecule has 1 aromatic heterocycles. The first-order valence-electron chi connectivity index (χ1n) is 3.63. The standard InChI is InChI=1S/C7H13N3O/c1-3-10-6-7(4-8-10)5-9(2)11/h4,6,11H,3,5H2,1-2H3. The van der Waals surface area contributed by atoms with Gasteiger partial charge in [-0.1, -0.05) is 0 Å². The van der Waals surface area contributed by atoms with Crippen LogP contribution >= 0.6 is 0 Å². The third-order valence-electron chi connectivity index (χ3n) is 1.42. The summed E-state index contributed by atoms with van der Waals surface area (Å²) in [5.74, 6) is 0. The number of rotatable bonds is 3. The minimum absolute atomic E-state index is 0.528. The molecule has 0 spiro atoms. The van der Waals surface area contributed by atoms with Crippen molar-refractivity contribution >= 4 is 0 Å². The highest BCUT2D eigenvalue weighted by atomic mass is 16.5. The molecule has 1 heterocycles. The van der Waals surface area contributed by atoms with Gasteiger partial charge in [0.1, 0.15) is 0 Å². The highest BCUT2D eigenvalue weighted by molar-refractivity contribution is 5.02. The Hall–Kier alpha value is -0.870. The SMILES string of the molecule is CCn1cc(CN(C)O)cn1. The summed E-state index contributed by atoms with van der Waals surface area (Å²) in [5.41, 5.74) is 1.02. The summed E-state index contributed by atoms with van der Waals surface area (Å²) < 4.78 is 1.83. The molecule has 11 heavy (non-hydrogen) atoms. The molecule has 0 radical (unpaired) electrons. The molecule has 0 bridgehead atoms. The highest BCUT2D eigenvalue weighted by Gasteiger charge is 1.98. The van der Waals surface area contributed by atoms with Gasteiger partial charge in [-0.3, -0.25) is 4.68 Å². The Morgan fingerprint density at radius 1 is 1.73 bits per heavy atom. The molecule has 0 amide bonds. The van der Waals surface area contributed by atoms with Gasteiger partial charge in [0, 0.05) is 25.4 Å². The molecule has 1 rings (SSSR count). The third kappa shape index (κ3) is 2.32. The molecule has 0 atom stereocenters. The van der Waals surface area contributed by atoms with Crippen LogP contribution in [0, 0.1) is 0 Å².